The van der Waals surface area contributed by atoms with Gasteiger partial charge in [-0.1, -0.05) is 11.6 Å². The predicted octanol–water partition coefficient (Wildman–Crippen LogP) is 3.98. The van der Waals surface area contributed by atoms with Crippen molar-refractivity contribution < 1.29 is 9.53 Å². The quantitative estimate of drug-likeness (QED) is 0.841. The minimum atomic E-state index is -0.113. The highest BCUT2D eigenvalue weighted by Gasteiger charge is 2.16. The molecule has 2 rings (SSSR count). The highest BCUT2D eigenvalue weighted by molar-refractivity contribution is 6.31. The number of aromatic nitrogens is 2. The fraction of sp³-hybridized carbons (Fsp3) is 0.389. The second kappa shape index (κ2) is 8.16. The minimum Gasteiger partial charge on any atom is -0.495 e. The number of methoxy groups -OCH3 is 1. The number of ether oxygens (including phenoxy) is 1. The molecule has 6 nitrogen and oxygen atoms in total. The van der Waals surface area contributed by atoms with Crippen molar-refractivity contribution in [2.75, 3.05) is 25.5 Å². The maximum absolute atomic E-state index is 12.6. The first kappa shape index (κ1) is 19.0. The highest BCUT2D eigenvalue weighted by Crippen LogP contribution is 2.32. The van der Waals surface area contributed by atoms with Gasteiger partial charge in [0.2, 0.25) is 0 Å². The van der Waals surface area contributed by atoms with Gasteiger partial charge in [-0.3, -0.25) is 4.79 Å². The van der Waals surface area contributed by atoms with Crippen LogP contribution in [0.4, 0.5) is 11.5 Å². The van der Waals surface area contributed by atoms with Gasteiger partial charge in [0.25, 0.3) is 5.91 Å². The molecule has 0 aliphatic heterocycles. The van der Waals surface area contributed by atoms with Crippen molar-refractivity contribution in [3.8, 4) is 5.75 Å². The lowest BCUT2D eigenvalue weighted by Gasteiger charge is -2.19. The lowest BCUT2D eigenvalue weighted by Crippen LogP contribution is -2.31. The monoisotopic (exact) mass is 362 g/mol. The number of hydrogen-bond acceptors (Lipinski definition) is 5. The number of carbonyl (C=O) groups is 1. The van der Waals surface area contributed by atoms with Crippen LogP contribution >= 0.6 is 11.6 Å². The van der Waals surface area contributed by atoms with Crippen molar-refractivity contribution in [3.05, 3.63) is 40.3 Å². The van der Waals surface area contributed by atoms with E-state index in [-0.39, 0.29) is 5.91 Å². The van der Waals surface area contributed by atoms with Crippen molar-refractivity contribution >= 4 is 29.0 Å². The summed E-state index contributed by atoms with van der Waals surface area (Å²) in [7, 11) is 1.58. The second-order valence-corrected chi connectivity index (χ2v) is 6.00. The molecular formula is C18H23ClN4O2. The summed E-state index contributed by atoms with van der Waals surface area (Å²) in [5.41, 5.74) is 2.00. The molecule has 0 atom stereocenters. The van der Waals surface area contributed by atoms with Crippen LogP contribution in [0.25, 0.3) is 0 Å². The Bertz CT molecular complexity index is 776. The van der Waals surface area contributed by atoms with Gasteiger partial charge in [-0.2, -0.15) is 0 Å². The lowest BCUT2D eigenvalue weighted by molar-refractivity contribution is 0.0766. The molecule has 0 spiro atoms. The topological polar surface area (TPSA) is 67.4 Å². The molecule has 0 saturated heterocycles. The average molecular weight is 363 g/mol. The Labute approximate surface area is 153 Å². The van der Waals surface area contributed by atoms with Gasteiger partial charge in [0, 0.05) is 30.2 Å². The van der Waals surface area contributed by atoms with Gasteiger partial charge < -0.3 is 15.0 Å². The maximum atomic E-state index is 12.6. The van der Waals surface area contributed by atoms with Crippen LogP contribution in [0.15, 0.2) is 18.2 Å². The SMILES string of the molecule is CCN(CC)C(=O)c1cc(Nc2cc(C)c(Cl)cc2OC)nc(C)n1. The molecule has 2 aromatic rings. The summed E-state index contributed by atoms with van der Waals surface area (Å²) in [6.45, 7) is 8.81. The number of carbonyl (C=O) groups excluding carboxylic acids is 1. The molecule has 0 unspecified atom stereocenters. The molecule has 1 N–H and O–H groups in total. The smallest absolute Gasteiger partial charge is 0.272 e. The highest BCUT2D eigenvalue weighted by atomic mass is 35.5. The third kappa shape index (κ3) is 4.39. The number of amides is 1. The first-order chi connectivity index (χ1) is 11.9. The number of anilines is 2. The maximum Gasteiger partial charge on any atom is 0.272 e. The van der Waals surface area contributed by atoms with Crippen LogP contribution < -0.4 is 10.1 Å². The van der Waals surface area contributed by atoms with E-state index >= 15 is 0 Å². The first-order valence-corrected chi connectivity index (χ1v) is 8.53. The van der Waals surface area contributed by atoms with Gasteiger partial charge in [-0.15, -0.1) is 0 Å². The number of rotatable bonds is 6. The molecule has 0 bridgehead atoms. The Hall–Kier alpha value is -2.34. The van der Waals surface area contributed by atoms with Gasteiger partial charge in [0.15, 0.2) is 0 Å². The first-order valence-electron chi connectivity index (χ1n) is 8.15. The van der Waals surface area contributed by atoms with Gasteiger partial charge in [-0.25, -0.2) is 9.97 Å². The Morgan fingerprint density at radius 2 is 1.88 bits per heavy atom. The second-order valence-electron chi connectivity index (χ2n) is 5.59. The molecule has 1 aromatic carbocycles. The summed E-state index contributed by atoms with van der Waals surface area (Å²) in [5.74, 6) is 1.54. The van der Waals surface area contributed by atoms with E-state index in [9.17, 15) is 4.79 Å². The third-order valence-corrected chi connectivity index (χ3v) is 4.26. The molecule has 7 heteroatoms. The summed E-state index contributed by atoms with van der Waals surface area (Å²) in [6, 6.07) is 5.27. The molecule has 0 fully saturated rings. The Kier molecular flexibility index (Phi) is 6.20. The molecule has 25 heavy (non-hydrogen) atoms. The van der Waals surface area contributed by atoms with Crippen molar-refractivity contribution in [2.45, 2.75) is 27.7 Å². The number of hydrogen-bond donors (Lipinski definition) is 1. The van der Waals surface area contributed by atoms with Crippen LogP contribution in [-0.4, -0.2) is 41.0 Å². The Morgan fingerprint density at radius 1 is 1.20 bits per heavy atom. The molecule has 0 aliphatic rings. The van der Waals surface area contributed by atoms with E-state index in [1.807, 2.05) is 26.8 Å². The van der Waals surface area contributed by atoms with Crippen molar-refractivity contribution in [1.82, 2.24) is 14.9 Å². The van der Waals surface area contributed by atoms with Crippen LogP contribution in [-0.2, 0) is 0 Å². The minimum absolute atomic E-state index is 0.113. The van der Waals surface area contributed by atoms with Crippen molar-refractivity contribution in [1.29, 1.82) is 0 Å². The fourth-order valence-electron chi connectivity index (χ4n) is 2.48. The Morgan fingerprint density at radius 3 is 2.48 bits per heavy atom. The number of aryl methyl sites for hydroxylation is 2. The Balaban J connectivity index is 2.38. The van der Waals surface area contributed by atoms with Crippen molar-refractivity contribution in [2.24, 2.45) is 0 Å². The fourth-order valence-corrected chi connectivity index (χ4v) is 2.64. The van der Waals surface area contributed by atoms with Crippen LogP contribution in [0.5, 0.6) is 5.75 Å². The van der Waals surface area contributed by atoms with Crippen LogP contribution in [0.3, 0.4) is 0 Å². The lowest BCUT2D eigenvalue weighted by atomic mass is 10.2. The molecule has 1 heterocycles. The normalized spacial score (nSPS) is 10.5. The van der Waals surface area contributed by atoms with Gasteiger partial charge in [0.05, 0.1) is 12.8 Å². The largest absolute Gasteiger partial charge is 0.495 e. The molecule has 134 valence electrons. The molecule has 1 aromatic heterocycles. The van der Waals surface area contributed by atoms with E-state index in [1.165, 1.54) is 0 Å². The van der Waals surface area contributed by atoms with E-state index in [4.69, 9.17) is 16.3 Å². The van der Waals surface area contributed by atoms with Gasteiger partial charge in [-0.05, 0) is 39.3 Å². The summed E-state index contributed by atoms with van der Waals surface area (Å²) in [5, 5.41) is 3.82. The summed E-state index contributed by atoms with van der Waals surface area (Å²) in [6.07, 6.45) is 0. The number of benzene rings is 1. The van der Waals surface area contributed by atoms with E-state index in [2.05, 4.69) is 15.3 Å². The molecular weight excluding hydrogens is 340 g/mol. The molecule has 0 aliphatic carbocycles. The molecule has 1 amide bonds. The zero-order valence-corrected chi connectivity index (χ0v) is 15.9. The van der Waals surface area contributed by atoms with Crippen LogP contribution in [0.2, 0.25) is 5.02 Å². The average Bonchev–Trinajstić information content (AvgIpc) is 2.58. The van der Waals surface area contributed by atoms with Crippen LogP contribution in [0, 0.1) is 13.8 Å². The zero-order valence-electron chi connectivity index (χ0n) is 15.2. The van der Waals surface area contributed by atoms with Crippen molar-refractivity contribution in [3.63, 3.8) is 0 Å². The molecule has 0 saturated carbocycles. The van der Waals surface area contributed by atoms with E-state index in [0.717, 1.165) is 11.3 Å². The summed E-state index contributed by atoms with van der Waals surface area (Å²) in [4.78, 5) is 22.9. The number of nitrogens with zero attached hydrogens (tertiary/aromatic N) is 3. The van der Waals surface area contributed by atoms with E-state index in [1.54, 1.807) is 31.1 Å². The van der Waals surface area contributed by atoms with Gasteiger partial charge in [0.1, 0.15) is 23.1 Å². The summed E-state index contributed by atoms with van der Waals surface area (Å²) < 4.78 is 5.37. The van der Waals surface area contributed by atoms with Crippen LogP contribution in [0.1, 0.15) is 35.7 Å². The van der Waals surface area contributed by atoms with Gasteiger partial charge >= 0.3 is 0 Å². The van der Waals surface area contributed by atoms with E-state index in [0.29, 0.717) is 41.2 Å². The zero-order chi connectivity index (χ0) is 18.6. The third-order valence-electron chi connectivity index (χ3n) is 3.85. The number of halogens is 1. The predicted molar refractivity (Wildman–Crippen MR) is 100 cm³/mol. The number of nitrogens with one attached hydrogen (secondary N) is 1. The van der Waals surface area contributed by atoms with E-state index < -0.39 is 0 Å². The standard InChI is InChI=1S/C18H23ClN4O2/c1-6-23(7-2)18(24)15-10-17(21-12(4)20-15)22-14-8-11(3)13(19)9-16(14)25-5/h8-10H,6-7H2,1-5H3,(H,20,21,22). The molecule has 0 radical (unpaired) electrons. The summed E-state index contributed by atoms with van der Waals surface area (Å²) >= 11 is 6.14.